The smallest absolute Gasteiger partial charge is 0.387 e. The molecule has 1 heterocycles. The summed E-state index contributed by atoms with van der Waals surface area (Å²) in [6.45, 7) is -2.75. The van der Waals surface area contributed by atoms with E-state index in [-0.39, 0.29) is 36.3 Å². The fourth-order valence-electron chi connectivity index (χ4n) is 2.66. The van der Waals surface area contributed by atoms with Gasteiger partial charge < -0.3 is 19.8 Å². The second-order valence-electron chi connectivity index (χ2n) is 6.07. The molecule has 1 aromatic heterocycles. The Hall–Kier alpha value is -3.68. The molecule has 0 atom stereocenters. The fourth-order valence-corrected chi connectivity index (χ4v) is 2.66. The lowest BCUT2D eigenvalue weighted by Crippen LogP contribution is -2.25. The SMILES string of the molecule is O=C(Cc1ccccc1OC(F)F)NCc1cccc(NC(=O)c2ccco2)c1. The van der Waals surface area contributed by atoms with Gasteiger partial charge in [0.2, 0.25) is 5.91 Å². The lowest BCUT2D eigenvalue weighted by molar-refractivity contribution is -0.120. The van der Waals surface area contributed by atoms with Crippen LogP contribution in [0.4, 0.5) is 14.5 Å². The van der Waals surface area contributed by atoms with E-state index in [9.17, 15) is 18.4 Å². The second-order valence-corrected chi connectivity index (χ2v) is 6.07. The molecule has 150 valence electrons. The lowest BCUT2D eigenvalue weighted by atomic mass is 10.1. The van der Waals surface area contributed by atoms with E-state index < -0.39 is 6.61 Å². The van der Waals surface area contributed by atoms with Crippen molar-refractivity contribution in [1.29, 1.82) is 0 Å². The van der Waals surface area contributed by atoms with Gasteiger partial charge in [0.15, 0.2) is 5.76 Å². The first-order chi connectivity index (χ1) is 14.0. The van der Waals surface area contributed by atoms with Crippen molar-refractivity contribution in [2.75, 3.05) is 5.32 Å². The van der Waals surface area contributed by atoms with Crippen LogP contribution in [0.25, 0.3) is 0 Å². The summed E-state index contributed by atoms with van der Waals surface area (Å²) in [6.07, 6.45) is 1.31. The van der Waals surface area contributed by atoms with Crippen molar-refractivity contribution in [3.05, 3.63) is 83.8 Å². The number of hydrogen-bond acceptors (Lipinski definition) is 4. The number of furan rings is 1. The van der Waals surface area contributed by atoms with Crippen molar-refractivity contribution >= 4 is 17.5 Å². The van der Waals surface area contributed by atoms with E-state index in [4.69, 9.17) is 4.42 Å². The fraction of sp³-hybridized carbons (Fsp3) is 0.143. The predicted molar refractivity (Wildman–Crippen MR) is 102 cm³/mol. The van der Waals surface area contributed by atoms with Crippen LogP contribution in [0.15, 0.2) is 71.3 Å². The Morgan fingerprint density at radius 2 is 1.86 bits per heavy atom. The van der Waals surface area contributed by atoms with Gasteiger partial charge in [-0.05, 0) is 35.9 Å². The van der Waals surface area contributed by atoms with Crippen molar-refractivity contribution in [1.82, 2.24) is 5.32 Å². The van der Waals surface area contributed by atoms with E-state index in [1.54, 1.807) is 54.6 Å². The number of ether oxygens (including phenoxy) is 1. The van der Waals surface area contributed by atoms with Gasteiger partial charge in [0, 0.05) is 17.8 Å². The topological polar surface area (TPSA) is 80.6 Å². The summed E-state index contributed by atoms with van der Waals surface area (Å²) in [5.41, 5.74) is 1.67. The predicted octanol–water partition coefficient (Wildman–Crippen LogP) is 3.99. The molecule has 0 bridgehead atoms. The Kier molecular flexibility index (Phi) is 6.57. The summed E-state index contributed by atoms with van der Waals surface area (Å²) in [5, 5.41) is 5.43. The zero-order chi connectivity index (χ0) is 20.6. The number of alkyl halides is 2. The molecule has 0 radical (unpaired) electrons. The number of carbonyl (C=O) groups excluding carboxylic acids is 2. The molecule has 2 aromatic carbocycles. The molecule has 0 saturated heterocycles. The molecule has 3 rings (SSSR count). The minimum atomic E-state index is -2.96. The minimum absolute atomic E-state index is 0.0275. The van der Waals surface area contributed by atoms with Gasteiger partial charge in [-0.15, -0.1) is 0 Å². The molecule has 2 N–H and O–H groups in total. The first kappa shape index (κ1) is 20.1. The summed E-state index contributed by atoms with van der Waals surface area (Å²) in [5.74, 6) is -0.569. The van der Waals surface area contributed by atoms with Crippen LogP contribution in [0.5, 0.6) is 5.75 Å². The summed E-state index contributed by atoms with van der Waals surface area (Å²) in [4.78, 5) is 24.2. The van der Waals surface area contributed by atoms with Crippen LogP contribution < -0.4 is 15.4 Å². The van der Waals surface area contributed by atoms with Crippen LogP contribution in [0.3, 0.4) is 0 Å². The van der Waals surface area contributed by atoms with Crippen LogP contribution in [-0.4, -0.2) is 18.4 Å². The maximum Gasteiger partial charge on any atom is 0.387 e. The number of para-hydroxylation sites is 1. The minimum Gasteiger partial charge on any atom is -0.459 e. The third-order valence-corrected chi connectivity index (χ3v) is 3.96. The van der Waals surface area contributed by atoms with Crippen molar-refractivity contribution in [2.45, 2.75) is 19.6 Å². The molecule has 0 aliphatic heterocycles. The maximum atomic E-state index is 12.5. The van der Waals surface area contributed by atoms with E-state index in [2.05, 4.69) is 15.4 Å². The molecule has 0 fully saturated rings. The normalized spacial score (nSPS) is 10.6. The number of nitrogens with one attached hydrogen (secondary N) is 2. The highest BCUT2D eigenvalue weighted by Crippen LogP contribution is 2.21. The van der Waals surface area contributed by atoms with Crippen LogP contribution >= 0.6 is 0 Å². The maximum absolute atomic E-state index is 12.5. The number of halogens is 2. The van der Waals surface area contributed by atoms with Crippen LogP contribution in [0, 0.1) is 0 Å². The van der Waals surface area contributed by atoms with Gasteiger partial charge >= 0.3 is 6.61 Å². The third-order valence-electron chi connectivity index (χ3n) is 3.96. The van der Waals surface area contributed by atoms with Gasteiger partial charge in [0.25, 0.3) is 5.91 Å². The average Bonchev–Trinajstić information content (AvgIpc) is 3.23. The molecule has 29 heavy (non-hydrogen) atoms. The number of amides is 2. The lowest BCUT2D eigenvalue weighted by Gasteiger charge is -2.11. The van der Waals surface area contributed by atoms with E-state index in [1.165, 1.54) is 12.3 Å². The molecule has 2 amide bonds. The molecule has 6 nitrogen and oxygen atoms in total. The Morgan fingerprint density at radius 1 is 1.03 bits per heavy atom. The molecule has 3 aromatic rings. The second kappa shape index (κ2) is 9.50. The summed E-state index contributed by atoms with van der Waals surface area (Å²) >= 11 is 0. The van der Waals surface area contributed by atoms with Gasteiger partial charge in [0.05, 0.1) is 12.7 Å². The molecule has 8 heteroatoms. The Balaban J connectivity index is 1.56. The standard InChI is InChI=1S/C21H18F2N2O4/c22-21(23)29-17-8-2-1-6-15(17)12-19(26)24-13-14-5-3-7-16(11-14)25-20(27)18-9-4-10-28-18/h1-11,21H,12-13H2,(H,24,26)(H,25,27). The van der Waals surface area contributed by atoms with Crippen molar-refractivity contribution in [3.63, 3.8) is 0 Å². The molecule has 0 spiro atoms. The van der Waals surface area contributed by atoms with Gasteiger partial charge in [0.1, 0.15) is 5.75 Å². The molecule has 0 saturated carbocycles. The highest BCUT2D eigenvalue weighted by molar-refractivity contribution is 6.02. The molecule has 0 aliphatic rings. The largest absolute Gasteiger partial charge is 0.459 e. The first-order valence-corrected chi connectivity index (χ1v) is 8.74. The number of carbonyl (C=O) groups is 2. The quantitative estimate of drug-likeness (QED) is 0.599. The number of anilines is 1. The van der Waals surface area contributed by atoms with Crippen LogP contribution in [0.1, 0.15) is 21.7 Å². The van der Waals surface area contributed by atoms with Crippen molar-refractivity contribution in [2.24, 2.45) is 0 Å². The van der Waals surface area contributed by atoms with E-state index >= 15 is 0 Å². The van der Waals surface area contributed by atoms with Gasteiger partial charge in [-0.3, -0.25) is 9.59 Å². The van der Waals surface area contributed by atoms with Crippen LogP contribution in [-0.2, 0) is 17.8 Å². The highest BCUT2D eigenvalue weighted by atomic mass is 19.3. The van der Waals surface area contributed by atoms with Gasteiger partial charge in [-0.1, -0.05) is 30.3 Å². The van der Waals surface area contributed by atoms with E-state index in [1.807, 2.05) is 0 Å². The third kappa shape index (κ3) is 5.90. The molecule has 0 aliphatic carbocycles. The average molecular weight is 400 g/mol. The van der Waals surface area contributed by atoms with Gasteiger partial charge in [-0.25, -0.2) is 0 Å². The monoisotopic (exact) mass is 400 g/mol. The molecule has 0 unspecified atom stereocenters. The summed E-state index contributed by atoms with van der Waals surface area (Å²) in [7, 11) is 0. The zero-order valence-corrected chi connectivity index (χ0v) is 15.2. The molecular formula is C21H18F2N2O4. The summed E-state index contributed by atoms with van der Waals surface area (Å²) in [6, 6.07) is 16.3. The first-order valence-electron chi connectivity index (χ1n) is 8.74. The van der Waals surface area contributed by atoms with Crippen molar-refractivity contribution < 1.29 is 27.5 Å². The zero-order valence-electron chi connectivity index (χ0n) is 15.2. The highest BCUT2D eigenvalue weighted by Gasteiger charge is 2.13. The number of rotatable bonds is 8. The Bertz CT molecular complexity index is 974. The Morgan fingerprint density at radius 3 is 2.62 bits per heavy atom. The van der Waals surface area contributed by atoms with E-state index in [0.717, 1.165) is 5.56 Å². The van der Waals surface area contributed by atoms with Gasteiger partial charge in [-0.2, -0.15) is 8.78 Å². The van der Waals surface area contributed by atoms with E-state index in [0.29, 0.717) is 11.3 Å². The summed E-state index contributed by atoms with van der Waals surface area (Å²) < 4.78 is 34.4. The number of hydrogen-bond donors (Lipinski definition) is 2. The van der Waals surface area contributed by atoms with Crippen molar-refractivity contribution in [3.8, 4) is 5.75 Å². The van der Waals surface area contributed by atoms with Crippen LogP contribution in [0.2, 0.25) is 0 Å². The number of benzene rings is 2. The molecular weight excluding hydrogens is 382 g/mol. The Labute approximate surface area is 165 Å².